The van der Waals surface area contributed by atoms with Crippen LogP contribution < -0.4 is 5.32 Å². The number of nitrogens with one attached hydrogen (secondary N) is 1. The van der Waals surface area contributed by atoms with E-state index in [-0.39, 0.29) is 0 Å². The number of hydrogen-bond acceptors (Lipinski definition) is 3. The van der Waals surface area contributed by atoms with Crippen molar-refractivity contribution in [2.75, 3.05) is 11.9 Å². The van der Waals surface area contributed by atoms with E-state index >= 15 is 0 Å². The molecule has 0 aliphatic rings. The molecule has 2 rings (SSSR count). The van der Waals surface area contributed by atoms with Crippen molar-refractivity contribution in [1.82, 2.24) is 9.97 Å². The largest absolute Gasteiger partial charge is 0.369 e. The zero-order chi connectivity index (χ0) is 13.1. The highest BCUT2D eigenvalue weighted by atomic mass is 79.9. The average molecular weight is 327 g/mol. The van der Waals surface area contributed by atoms with E-state index in [0.29, 0.717) is 10.8 Å². The van der Waals surface area contributed by atoms with Gasteiger partial charge in [0.25, 0.3) is 0 Å². The van der Waals surface area contributed by atoms with Crippen molar-refractivity contribution in [3.05, 3.63) is 39.5 Å². The van der Waals surface area contributed by atoms with Gasteiger partial charge in [0.1, 0.15) is 5.82 Å². The summed E-state index contributed by atoms with van der Waals surface area (Å²) in [6.45, 7) is 4.80. The number of hydrogen-bond donors (Lipinski definition) is 1. The van der Waals surface area contributed by atoms with E-state index in [0.717, 1.165) is 28.1 Å². The van der Waals surface area contributed by atoms with Gasteiger partial charge in [0.05, 0.1) is 10.2 Å². The van der Waals surface area contributed by atoms with Crippen molar-refractivity contribution in [3.8, 4) is 11.4 Å². The minimum atomic E-state index is 0.698. The lowest BCUT2D eigenvalue weighted by atomic mass is 10.2. The summed E-state index contributed by atoms with van der Waals surface area (Å²) in [4.78, 5) is 8.99. The number of nitrogens with zero attached hydrogens (tertiary/aromatic N) is 2. The van der Waals surface area contributed by atoms with Crippen molar-refractivity contribution >= 4 is 33.3 Å². The first-order valence-electron chi connectivity index (χ1n) is 5.65. The van der Waals surface area contributed by atoms with Crippen LogP contribution in [-0.4, -0.2) is 16.5 Å². The molecule has 2 aromatic rings. The predicted octanol–water partition coefficient (Wildman–Crippen LogP) is 4.30. The molecule has 0 saturated carbocycles. The molecule has 0 fully saturated rings. The number of aromatic nitrogens is 2. The molecule has 0 atom stereocenters. The molecule has 5 heteroatoms. The summed E-state index contributed by atoms with van der Waals surface area (Å²) in [5, 5.41) is 3.92. The van der Waals surface area contributed by atoms with Gasteiger partial charge in [-0.1, -0.05) is 11.6 Å². The van der Waals surface area contributed by atoms with Gasteiger partial charge in [-0.2, -0.15) is 0 Å². The Balaban J connectivity index is 2.48. The van der Waals surface area contributed by atoms with Gasteiger partial charge in [-0.15, -0.1) is 0 Å². The second kappa shape index (κ2) is 5.67. The van der Waals surface area contributed by atoms with Crippen molar-refractivity contribution in [3.63, 3.8) is 0 Å². The van der Waals surface area contributed by atoms with Gasteiger partial charge in [-0.3, -0.25) is 0 Å². The molecule has 3 nitrogen and oxygen atoms in total. The minimum absolute atomic E-state index is 0.698. The lowest BCUT2D eigenvalue weighted by Gasteiger charge is -2.10. The third-order valence-electron chi connectivity index (χ3n) is 2.46. The molecule has 18 heavy (non-hydrogen) atoms. The maximum absolute atomic E-state index is 5.88. The van der Waals surface area contributed by atoms with Crippen LogP contribution in [0.5, 0.6) is 0 Å². The maximum Gasteiger partial charge on any atom is 0.161 e. The highest BCUT2D eigenvalue weighted by Crippen LogP contribution is 2.27. The Morgan fingerprint density at radius 2 is 1.89 bits per heavy atom. The molecule has 94 valence electrons. The van der Waals surface area contributed by atoms with E-state index < -0.39 is 0 Å². The van der Waals surface area contributed by atoms with Crippen LogP contribution in [0, 0.1) is 6.92 Å². The second-order valence-corrected chi connectivity index (χ2v) is 5.06. The highest BCUT2D eigenvalue weighted by Gasteiger charge is 2.10. The zero-order valence-electron chi connectivity index (χ0n) is 10.2. The van der Waals surface area contributed by atoms with E-state index in [9.17, 15) is 0 Å². The molecule has 1 heterocycles. The molecule has 0 aliphatic carbocycles. The van der Waals surface area contributed by atoms with Crippen LogP contribution in [0.25, 0.3) is 11.4 Å². The van der Waals surface area contributed by atoms with Gasteiger partial charge < -0.3 is 5.32 Å². The number of benzene rings is 1. The minimum Gasteiger partial charge on any atom is -0.369 e. The first kappa shape index (κ1) is 13.3. The van der Waals surface area contributed by atoms with Gasteiger partial charge in [0.2, 0.25) is 0 Å². The summed E-state index contributed by atoms with van der Waals surface area (Å²) < 4.78 is 0.905. The van der Waals surface area contributed by atoms with Crippen molar-refractivity contribution in [2.45, 2.75) is 13.8 Å². The average Bonchev–Trinajstić information content (AvgIpc) is 2.36. The summed E-state index contributed by atoms with van der Waals surface area (Å²) in [5.74, 6) is 1.51. The summed E-state index contributed by atoms with van der Waals surface area (Å²) >= 11 is 9.37. The Bertz CT molecular complexity index is 555. The Morgan fingerprint density at radius 3 is 2.50 bits per heavy atom. The quantitative estimate of drug-likeness (QED) is 0.914. The fraction of sp³-hybridized carbons (Fsp3) is 0.231. The second-order valence-electron chi connectivity index (χ2n) is 3.83. The first-order valence-corrected chi connectivity index (χ1v) is 6.83. The summed E-state index contributed by atoms with van der Waals surface area (Å²) in [5.41, 5.74) is 1.86. The van der Waals surface area contributed by atoms with Crippen LogP contribution in [0.15, 0.2) is 28.7 Å². The van der Waals surface area contributed by atoms with E-state index in [1.54, 1.807) is 0 Å². The molecule has 0 aliphatic heterocycles. The summed E-state index contributed by atoms with van der Waals surface area (Å²) in [6.07, 6.45) is 0. The molecule has 0 bridgehead atoms. The van der Waals surface area contributed by atoms with Gasteiger partial charge in [-0.25, -0.2) is 9.97 Å². The summed E-state index contributed by atoms with van der Waals surface area (Å²) in [6, 6.07) is 7.51. The lowest BCUT2D eigenvalue weighted by Crippen LogP contribution is -2.04. The Hall–Kier alpha value is -1.13. The van der Waals surface area contributed by atoms with Crippen LogP contribution in [0.3, 0.4) is 0 Å². The molecule has 0 spiro atoms. The van der Waals surface area contributed by atoms with E-state index in [1.165, 1.54) is 0 Å². The predicted molar refractivity (Wildman–Crippen MR) is 79.1 cm³/mol. The smallest absolute Gasteiger partial charge is 0.161 e. The number of rotatable bonds is 3. The molecule has 1 aromatic carbocycles. The van der Waals surface area contributed by atoms with Crippen LogP contribution in [0.4, 0.5) is 5.82 Å². The lowest BCUT2D eigenvalue weighted by molar-refractivity contribution is 1.06. The third kappa shape index (κ3) is 2.82. The molecule has 0 unspecified atom stereocenters. The van der Waals surface area contributed by atoms with Gasteiger partial charge in [-0.05, 0) is 54.0 Å². The number of halogens is 2. The van der Waals surface area contributed by atoms with E-state index in [1.807, 2.05) is 38.1 Å². The molecular weight excluding hydrogens is 314 g/mol. The normalized spacial score (nSPS) is 10.4. The standard InChI is InChI=1S/C13H13BrClN3/c1-3-16-13-11(14)8(2)17-12(18-13)9-4-6-10(15)7-5-9/h4-7H,3H2,1-2H3,(H,16,17,18). The fourth-order valence-electron chi connectivity index (χ4n) is 1.57. The van der Waals surface area contributed by atoms with E-state index in [4.69, 9.17) is 11.6 Å². The topological polar surface area (TPSA) is 37.8 Å². The molecule has 1 N–H and O–H groups in total. The molecule has 0 amide bonds. The van der Waals surface area contributed by atoms with Crippen LogP contribution in [0.2, 0.25) is 5.02 Å². The monoisotopic (exact) mass is 325 g/mol. The Kier molecular flexibility index (Phi) is 4.19. The Morgan fingerprint density at radius 1 is 1.22 bits per heavy atom. The first-order chi connectivity index (χ1) is 8.61. The van der Waals surface area contributed by atoms with Crippen molar-refractivity contribution in [1.29, 1.82) is 0 Å². The van der Waals surface area contributed by atoms with Crippen molar-refractivity contribution < 1.29 is 0 Å². The zero-order valence-corrected chi connectivity index (χ0v) is 12.5. The van der Waals surface area contributed by atoms with Gasteiger partial charge in [0.15, 0.2) is 5.82 Å². The van der Waals surface area contributed by atoms with Gasteiger partial charge >= 0.3 is 0 Å². The third-order valence-corrected chi connectivity index (χ3v) is 3.66. The van der Waals surface area contributed by atoms with Crippen LogP contribution >= 0.6 is 27.5 Å². The maximum atomic E-state index is 5.88. The fourth-order valence-corrected chi connectivity index (χ4v) is 2.02. The highest BCUT2D eigenvalue weighted by molar-refractivity contribution is 9.10. The number of aryl methyl sites for hydroxylation is 1. The van der Waals surface area contributed by atoms with Crippen LogP contribution in [0.1, 0.15) is 12.6 Å². The number of anilines is 1. The molecule has 1 aromatic heterocycles. The SMILES string of the molecule is CCNc1nc(-c2ccc(Cl)cc2)nc(C)c1Br. The van der Waals surface area contributed by atoms with Gasteiger partial charge in [0, 0.05) is 17.1 Å². The molecule has 0 saturated heterocycles. The van der Waals surface area contributed by atoms with Crippen LogP contribution in [-0.2, 0) is 0 Å². The summed E-state index contributed by atoms with van der Waals surface area (Å²) in [7, 11) is 0. The van der Waals surface area contributed by atoms with E-state index in [2.05, 4.69) is 31.2 Å². The molecular formula is C13H13BrClN3. The Labute approximate surface area is 120 Å². The van der Waals surface area contributed by atoms with Crippen molar-refractivity contribution in [2.24, 2.45) is 0 Å². The molecule has 0 radical (unpaired) electrons.